The van der Waals surface area contributed by atoms with Crippen molar-refractivity contribution in [1.29, 1.82) is 0 Å². The summed E-state index contributed by atoms with van der Waals surface area (Å²) >= 11 is 0. The third-order valence-corrected chi connectivity index (χ3v) is 5.01. The second kappa shape index (κ2) is 5.90. The monoisotopic (exact) mass is 266 g/mol. The molecule has 0 bridgehead atoms. The van der Waals surface area contributed by atoms with E-state index in [0.29, 0.717) is 23.8 Å². The maximum absolute atomic E-state index is 12.0. The Hall–Kier alpha value is -0.450. The zero-order valence-corrected chi connectivity index (χ0v) is 12.0. The van der Waals surface area contributed by atoms with Crippen molar-refractivity contribution in [1.82, 2.24) is 9.80 Å². The molecule has 0 radical (unpaired) electrons. The molecule has 4 heteroatoms. The molecule has 0 aromatic rings. The van der Waals surface area contributed by atoms with Gasteiger partial charge >= 0.3 is 0 Å². The van der Waals surface area contributed by atoms with Gasteiger partial charge in [0.05, 0.1) is 12.7 Å². The van der Waals surface area contributed by atoms with Crippen molar-refractivity contribution in [2.45, 2.75) is 44.2 Å². The van der Waals surface area contributed by atoms with Gasteiger partial charge in [-0.1, -0.05) is 0 Å². The van der Waals surface area contributed by atoms with E-state index in [2.05, 4.69) is 16.8 Å². The van der Waals surface area contributed by atoms with E-state index in [1.807, 2.05) is 0 Å². The van der Waals surface area contributed by atoms with Crippen LogP contribution in [0.2, 0.25) is 0 Å². The molecule has 0 spiro atoms. The highest BCUT2D eigenvalue weighted by Gasteiger charge is 2.38. The highest BCUT2D eigenvalue weighted by atomic mass is 16.5. The van der Waals surface area contributed by atoms with Crippen LogP contribution in [0.25, 0.3) is 0 Å². The molecule has 3 aliphatic rings. The Kier molecular flexibility index (Phi) is 4.20. The van der Waals surface area contributed by atoms with Crippen molar-refractivity contribution in [2.24, 2.45) is 5.92 Å². The molecule has 108 valence electrons. The van der Waals surface area contributed by atoms with Gasteiger partial charge in [0.25, 0.3) is 0 Å². The van der Waals surface area contributed by atoms with E-state index in [-0.39, 0.29) is 0 Å². The lowest BCUT2D eigenvalue weighted by Crippen LogP contribution is -2.48. The van der Waals surface area contributed by atoms with Crippen LogP contribution >= 0.6 is 0 Å². The lowest BCUT2D eigenvalue weighted by Gasteiger charge is -2.35. The van der Waals surface area contributed by atoms with Gasteiger partial charge in [-0.3, -0.25) is 9.69 Å². The van der Waals surface area contributed by atoms with Crippen LogP contribution in [0.15, 0.2) is 0 Å². The van der Waals surface area contributed by atoms with Crippen LogP contribution in [0.5, 0.6) is 0 Å². The molecule has 3 rings (SSSR count). The first-order valence-corrected chi connectivity index (χ1v) is 7.81. The van der Waals surface area contributed by atoms with Gasteiger partial charge in [-0.2, -0.15) is 0 Å². The second-order valence-electron chi connectivity index (χ2n) is 6.42. The molecular weight excluding hydrogens is 240 g/mol. The number of carbonyl (C=O) groups excluding carboxylic acids is 1. The summed E-state index contributed by atoms with van der Waals surface area (Å²) in [6, 6.07) is 0.505. The van der Waals surface area contributed by atoms with E-state index in [9.17, 15) is 4.79 Å². The molecule has 3 fully saturated rings. The molecule has 0 amide bonds. The molecule has 2 saturated heterocycles. The Morgan fingerprint density at radius 1 is 1.26 bits per heavy atom. The first-order chi connectivity index (χ1) is 9.24. The smallest absolute Gasteiger partial charge is 0.137 e. The van der Waals surface area contributed by atoms with Crippen LogP contribution < -0.4 is 0 Å². The maximum Gasteiger partial charge on any atom is 0.137 e. The van der Waals surface area contributed by atoms with Crippen molar-refractivity contribution < 1.29 is 9.53 Å². The molecule has 1 aliphatic carbocycles. The zero-order valence-electron chi connectivity index (χ0n) is 12.0. The van der Waals surface area contributed by atoms with E-state index in [0.717, 1.165) is 52.0 Å². The number of rotatable bonds is 3. The fourth-order valence-electron chi connectivity index (χ4n) is 4.02. The first kappa shape index (κ1) is 13.5. The van der Waals surface area contributed by atoms with Crippen LogP contribution in [0.4, 0.5) is 0 Å². The molecule has 2 heterocycles. The largest absolute Gasteiger partial charge is 0.374 e. The van der Waals surface area contributed by atoms with Crippen LogP contribution in [-0.2, 0) is 9.53 Å². The molecular formula is C15H26N2O2. The summed E-state index contributed by atoms with van der Waals surface area (Å²) in [5.74, 6) is 0.836. The molecule has 0 aromatic carbocycles. The Morgan fingerprint density at radius 2 is 2.16 bits per heavy atom. The summed E-state index contributed by atoms with van der Waals surface area (Å²) in [5, 5.41) is 0. The number of carbonyl (C=O) groups is 1. The Labute approximate surface area is 116 Å². The molecule has 0 N–H and O–H groups in total. The van der Waals surface area contributed by atoms with E-state index in [1.54, 1.807) is 0 Å². The van der Waals surface area contributed by atoms with Gasteiger partial charge in [0.15, 0.2) is 0 Å². The van der Waals surface area contributed by atoms with Crippen LogP contribution in [0.1, 0.15) is 32.1 Å². The van der Waals surface area contributed by atoms with Gasteiger partial charge in [0.2, 0.25) is 0 Å². The number of ether oxygens (including phenoxy) is 1. The summed E-state index contributed by atoms with van der Waals surface area (Å²) in [6.45, 7) is 5.09. The molecule has 19 heavy (non-hydrogen) atoms. The minimum atomic E-state index is 0.323. The van der Waals surface area contributed by atoms with Gasteiger partial charge in [0, 0.05) is 38.0 Å². The van der Waals surface area contributed by atoms with Crippen molar-refractivity contribution in [3.63, 3.8) is 0 Å². The maximum atomic E-state index is 12.0. The Balaban J connectivity index is 1.58. The van der Waals surface area contributed by atoms with Gasteiger partial charge in [-0.25, -0.2) is 0 Å². The normalized spacial score (nSPS) is 38.2. The topological polar surface area (TPSA) is 32.8 Å². The van der Waals surface area contributed by atoms with E-state index < -0.39 is 0 Å². The number of likely N-dealkylation sites (N-methyl/N-ethyl adjacent to an activating group) is 1. The average Bonchev–Trinajstić information content (AvgIpc) is 2.98. The highest BCUT2D eigenvalue weighted by molar-refractivity contribution is 5.83. The summed E-state index contributed by atoms with van der Waals surface area (Å²) in [7, 11) is 2.16. The van der Waals surface area contributed by atoms with Crippen LogP contribution in [0, 0.1) is 5.92 Å². The van der Waals surface area contributed by atoms with Gasteiger partial charge in [0.1, 0.15) is 5.78 Å². The predicted molar refractivity (Wildman–Crippen MR) is 74.2 cm³/mol. The van der Waals surface area contributed by atoms with Crippen molar-refractivity contribution in [3.05, 3.63) is 0 Å². The lowest BCUT2D eigenvalue weighted by molar-refractivity contribution is -0.122. The summed E-state index contributed by atoms with van der Waals surface area (Å²) in [4.78, 5) is 16.9. The SMILES string of the molecule is CN1CCOC(CN2CCCC2C2CCCC2=O)C1. The molecule has 3 unspecified atom stereocenters. The molecule has 2 aliphatic heterocycles. The summed E-state index contributed by atoms with van der Waals surface area (Å²) in [6.07, 6.45) is 5.83. The number of morpholine rings is 1. The predicted octanol–water partition coefficient (Wildman–Crippen LogP) is 1.15. The van der Waals surface area contributed by atoms with Gasteiger partial charge in [-0.15, -0.1) is 0 Å². The standard InChI is InChI=1S/C15H26N2O2/c1-16-8-9-19-12(10-16)11-17-7-3-5-14(17)13-4-2-6-15(13)18/h12-14H,2-11H2,1H3. The van der Waals surface area contributed by atoms with E-state index >= 15 is 0 Å². The van der Waals surface area contributed by atoms with Crippen molar-refractivity contribution in [2.75, 3.05) is 39.8 Å². The minimum Gasteiger partial charge on any atom is -0.374 e. The molecule has 0 aromatic heterocycles. The number of likely N-dealkylation sites (tertiary alicyclic amines) is 1. The highest BCUT2D eigenvalue weighted by Crippen LogP contribution is 2.33. The quantitative estimate of drug-likeness (QED) is 0.767. The van der Waals surface area contributed by atoms with Crippen molar-refractivity contribution >= 4 is 5.78 Å². The Morgan fingerprint density at radius 3 is 2.89 bits per heavy atom. The fourth-order valence-corrected chi connectivity index (χ4v) is 4.02. The minimum absolute atomic E-state index is 0.323. The fraction of sp³-hybridized carbons (Fsp3) is 0.933. The molecule has 3 atom stereocenters. The first-order valence-electron chi connectivity index (χ1n) is 7.81. The number of hydrogen-bond donors (Lipinski definition) is 0. The lowest BCUT2D eigenvalue weighted by atomic mass is 9.95. The van der Waals surface area contributed by atoms with Crippen molar-refractivity contribution in [3.8, 4) is 0 Å². The number of Topliss-reactive ketones (excluding diaryl/α,β-unsaturated/α-hetero) is 1. The van der Waals surface area contributed by atoms with Gasteiger partial charge < -0.3 is 9.64 Å². The molecule has 4 nitrogen and oxygen atoms in total. The van der Waals surface area contributed by atoms with Gasteiger partial charge in [-0.05, 0) is 39.3 Å². The van der Waals surface area contributed by atoms with Crippen LogP contribution in [-0.4, -0.2) is 67.6 Å². The summed E-state index contributed by atoms with van der Waals surface area (Å²) < 4.78 is 5.88. The average molecular weight is 266 g/mol. The number of hydrogen-bond acceptors (Lipinski definition) is 4. The zero-order chi connectivity index (χ0) is 13.2. The Bertz CT molecular complexity index is 334. The second-order valence-corrected chi connectivity index (χ2v) is 6.42. The third kappa shape index (κ3) is 3.01. The van der Waals surface area contributed by atoms with E-state index in [1.165, 1.54) is 12.8 Å². The molecule has 1 saturated carbocycles. The number of ketones is 1. The third-order valence-electron chi connectivity index (χ3n) is 5.01. The summed E-state index contributed by atoms with van der Waals surface area (Å²) in [5.41, 5.74) is 0. The van der Waals surface area contributed by atoms with E-state index in [4.69, 9.17) is 4.74 Å². The number of nitrogens with zero attached hydrogens (tertiary/aromatic N) is 2. The van der Waals surface area contributed by atoms with Crippen LogP contribution in [0.3, 0.4) is 0 Å².